The van der Waals surface area contributed by atoms with E-state index in [0.717, 1.165) is 0 Å². The predicted molar refractivity (Wildman–Crippen MR) is 23.0 cm³/mol. The van der Waals surface area contributed by atoms with Gasteiger partial charge in [0.05, 0.1) is 0 Å². The molecule has 2 radical (unpaired) electrons. The van der Waals surface area contributed by atoms with Gasteiger partial charge in [-0.2, -0.15) is 0 Å². The van der Waals surface area contributed by atoms with Crippen LogP contribution < -0.4 is 0 Å². The summed E-state index contributed by atoms with van der Waals surface area (Å²) in [7, 11) is 0. The fourth-order valence-electron chi connectivity index (χ4n) is 0. The summed E-state index contributed by atoms with van der Waals surface area (Å²) in [6.07, 6.45) is 0. The number of hydrogen-bond acceptors (Lipinski definition) is 0. The normalized spacial score (nSPS) is 0. The number of rotatable bonds is 0. The standard InChI is InChI=1S/2ClH.Pd.Sn.2H/h2*1H;;;;. The first kappa shape index (κ1) is 36.9. The molecule has 0 amide bonds. The molecule has 0 unspecified atom stereocenters. The maximum atomic E-state index is 0. The van der Waals surface area contributed by atoms with Crippen LogP contribution in [0.1, 0.15) is 0 Å². The van der Waals surface area contributed by atoms with Crippen LogP contribution in [0.25, 0.3) is 0 Å². The van der Waals surface area contributed by atoms with Gasteiger partial charge in [0.25, 0.3) is 0 Å². The van der Waals surface area contributed by atoms with E-state index in [-0.39, 0.29) is 69.1 Å². The van der Waals surface area contributed by atoms with Crippen molar-refractivity contribution in [2.75, 3.05) is 0 Å². The molecule has 0 saturated heterocycles. The molecule has 0 bridgehead atoms. The van der Waals surface area contributed by atoms with Crippen molar-refractivity contribution in [3.63, 3.8) is 0 Å². The van der Waals surface area contributed by atoms with Crippen molar-refractivity contribution in [2.24, 2.45) is 0 Å². The van der Waals surface area contributed by atoms with Gasteiger partial charge in [-0.05, 0) is 0 Å². The van der Waals surface area contributed by atoms with E-state index in [0.29, 0.717) is 0 Å². The van der Waals surface area contributed by atoms with E-state index in [9.17, 15) is 0 Å². The van der Waals surface area contributed by atoms with Crippen LogP contribution >= 0.6 is 24.8 Å². The molecular weight excluding hydrogens is 296 g/mol. The summed E-state index contributed by atoms with van der Waals surface area (Å²) in [4.78, 5) is 0. The van der Waals surface area contributed by atoms with Crippen LogP contribution in [0.2, 0.25) is 0 Å². The van der Waals surface area contributed by atoms with Gasteiger partial charge in [0.1, 0.15) is 0 Å². The topological polar surface area (TPSA) is 0 Å². The van der Waals surface area contributed by atoms with Crippen LogP contribution in [-0.4, -0.2) is 23.9 Å². The fraction of sp³-hybridized carbons (Fsp3) is 0. The van der Waals surface area contributed by atoms with Crippen molar-refractivity contribution in [3.8, 4) is 0 Å². The Bertz CT molecular complexity index is 6.00. The van der Waals surface area contributed by atoms with Crippen molar-refractivity contribution >= 4 is 48.7 Å². The molecule has 0 aliphatic heterocycles. The first-order valence-corrected chi connectivity index (χ1v) is 0. The van der Waals surface area contributed by atoms with E-state index >= 15 is 0 Å². The van der Waals surface area contributed by atoms with Crippen molar-refractivity contribution in [3.05, 3.63) is 0 Å². The Hall–Kier alpha value is 2.04. The molecule has 0 atom stereocenters. The molecule has 0 saturated carbocycles. The molecule has 0 spiro atoms. The Balaban J connectivity index is 0. The quantitative estimate of drug-likeness (QED) is 0.549. The van der Waals surface area contributed by atoms with Gasteiger partial charge in [-0.3, -0.25) is 0 Å². The molecule has 4 heteroatoms. The van der Waals surface area contributed by atoms with Gasteiger partial charge in [-0.1, -0.05) is 0 Å². The van der Waals surface area contributed by atoms with Gasteiger partial charge >= 0.3 is 23.9 Å². The van der Waals surface area contributed by atoms with Gasteiger partial charge in [-0.25, -0.2) is 0 Å². The van der Waals surface area contributed by atoms with Crippen molar-refractivity contribution in [2.45, 2.75) is 0 Å². The van der Waals surface area contributed by atoms with E-state index in [4.69, 9.17) is 0 Å². The molecule has 0 aromatic rings. The van der Waals surface area contributed by atoms with Crippen LogP contribution in [0.5, 0.6) is 0 Å². The Kier molecular flexibility index (Phi) is 182. The Morgan fingerprint density at radius 1 is 0.750 bits per heavy atom. The zero-order valence-corrected chi connectivity index (χ0v) is 9.06. The molecule has 0 heterocycles. The first-order chi connectivity index (χ1) is 0. The minimum absolute atomic E-state index is 0. The second-order valence-corrected chi connectivity index (χ2v) is 0. The third kappa shape index (κ3) is 8.97. The zero-order chi connectivity index (χ0) is 0. The third-order valence-electron chi connectivity index (χ3n) is 0. The second kappa shape index (κ2) is 19.8. The monoisotopic (exact) mass is 300 g/mol. The summed E-state index contributed by atoms with van der Waals surface area (Å²) in [5, 5.41) is 0. The van der Waals surface area contributed by atoms with Gasteiger partial charge in [0.15, 0.2) is 0 Å². The SMILES string of the molecule is Cl.Cl.[Pd].[SnH2]. The van der Waals surface area contributed by atoms with Gasteiger partial charge in [-0.15, -0.1) is 24.8 Å². The molecule has 0 fully saturated rings. The average Bonchev–Trinajstić information content (AvgIpc) is 0. The molecule has 0 aliphatic rings. The van der Waals surface area contributed by atoms with E-state index in [1.54, 1.807) is 0 Å². The predicted octanol–water partition coefficient (Wildman–Crippen LogP) is -0.0751. The van der Waals surface area contributed by atoms with Gasteiger partial charge in [0.2, 0.25) is 0 Å². The second-order valence-electron chi connectivity index (χ2n) is 0. The van der Waals surface area contributed by atoms with Crippen molar-refractivity contribution in [1.29, 1.82) is 0 Å². The summed E-state index contributed by atoms with van der Waals surface area (Å²) >= 11 is 0. The van der Waals surface area contributed by atoms with Crippen LogP contribution in [0, 0.1) is 0 Å². The number of halogens is 2. The summed E-state index contributed by atoms with van der Waals surface area (Å²) in [6.45, 7) is 0. The Labute approximate surface area is 68.5 Å². The van der Waals surface area contributed by atoms with E-state index < -0.39 is 0 Å². The number of hydrogen-bond donors (Lipinski definition) is 0. The molecular formula is H4Cl2PdSn. The van der Waals surface area contributed by atoms with Crippen molar-refractivity contribution < 1.29 is 20.4 Å². The average molecular weight is 300 g/mol. The fourth-order valence-corrected chi connectivity index (χ4v) is 0. The molecule has 0 N–H and O–H groups in total. The summed E-state index contributed by atoms with van der Waals surface area (Å²) in [5.41, 5.74) is 0. The first-order valence-electron chi connectivity index (χ1n) is 0. The van der Waals surface area contributed by atoms with Crippen LogP contribution in [0.4, 0.5) is 0 Å². The van der Waals surface area contributed by atoms with E-state index in [1.165, 1.54) is 0 Å². The minimum atomic E-state index is 0. The molecule has 0 aromatic heterocycles. The van der Waals surface area contributed by atoms with Crippen LogP contribution in [0.15, 0.2) is 0 Å². The molecule has 0 rings (SSSR count). The Morgan fingerprint density at radius 3 is 0.750 bits per heavy atom. The molecule has 0 aromatic carbocycles. The van der Waals surface area contributed by atoms with E-state index in [1.807, 2.05) is 0 Å². The Morgan fingerprint density at radius 2 is 0.750 bits per heavy atom. The summed E-state index contributed by atoms with van der Waals surface area (Å²) < 4.78 is 0. The third-order valence-corrected chi connectivity index (χ3v) is 0. The van der Waals surface area contributed by atoms with Crippen LogP contribution in [-0.2, 0) is 20.4 Å². The molecule has 4 heavy (non-hydrogen) atoms. The van der Waals surface area contributed by atoms with E-state index in [2.05, 4.69) is 0 Å². The van der Waals surface area contributed by atoms with Crippen LogP contribution in [0.3, 0.4) is 0 Å². The van der Waals surface area contributed by atoms with Gasteiger partial charge in [0, 0.05) is 20.4 Å². The van der Waals surface area contributed by atoms with Crippen molar-refractivity contribution in [1.82, 2.24) is 0 Å². The molecule has 32 valence electrons. The summed E-state index contributed by atoms with van der Waals surface area (Å²) in [6, 6.07) is 0. The zero-order valence-electron chi connectivity index (χ0n) is 1.84. The van der Waals surface area contributed by atoms with Gasteiger partial charge < -0.3 is 0 Å². The maximum absolute atomic E-state index is 0. The molecule has 0 nitrogen and oxygen atoms in total. The summed E-state index contributed by atoms with van der Waals surface area (Å²) in [5.74, 6) is 0. The molecule has 0 aliphatic carbocycles.